The van der Waals surface area contributed by atoms with Crippen molar-refractivity contribution in [3.05, 3.63) is 29.3 Å². The van der Waals surface area contributed by atoms with Gasteiger partial charge in [0.2, 0.25) is 0 Å². The van der Waals surface area contributed by atoms with E-state index in [1.54, 1.807) is 0 Å². The molecule has 0 bridgehead atoms. The zero-order valence-corrected chi connectivity index (χ0v) is 10.2. The van der Waals surface area contributed by atoms with E-state index in [0.717, 1.165) is 16.9 Å². The monoisotopic (exact) mass is 214 g/mol. The molecule has 0 saturated carbocycles. The molecule has 0 heterocycles. The van der Waals surface area contributed by atoms with Crippen LogP contribution >= 0.6 is 6.26 Å². The van der Waals surface area contributed by atoms with Crippen LogP contribution < -0.4 is 4.52 Å². The van der Waals surface area contributed by atoms with Gasteiger partial charge in [-0.3, -0.25) is 0 Å². The predicted octanol–water partition coefficient (Wildman–Crippen LogP) is 3.34. The maximum absolute atomic E-state index is 5.79. The Morgan fingerprint density at radius 3 is 2.00 bits per heavy atom. The van der Waals surface area contributed by atoms with E-state index in [9.17, 15) is 0 Å². The number of benzene rings is 1. The first-order valence-electron chi connectivity index (χ1n) is 4.21. The van der Waals surface area contributed by atoms with Gasteiger partial charge in [-0.1, -0.05) is 30.0 Å². The van der Waals surface area contributed by atoms with Crippen LogP contribution in [0, 0.1) is 13.8 Å². The van der Waals surface area contributed by atoms with E-state index < -0.39 is 6.26 Å². The molecule has 0 saturated heterocycles. The molecule has 3 heteroatoms. The molecule has 0 aliphatic heterocycles. The second-order valence-corrected chi connectivity index (χ2v) is 8.89. The maximum atomic E-state index is 5.79. The molecule has 0 aromatic heterocycles. The largest absolute Gasteiger partial charge is 0.467 e. The summed E-state index contributed by atoms with van der Waals surface area (Å²) in [5.74, 6) is 0.968. The third kappa shape index (κ3) is 3.13. The maximum Gasteiger partial charge on any atom is 0.130 e. The quantitative estimate of drug-likeness (QED) is 0.698. The highest BCUT2D eigenvalue weighted by atomic mass is 32.4. The van der Waals surface area contributed by atoms with Gasteiger partial charge in [-0.25, -0.2) is 0 Å². The van der Waals surface area contributed by atoms with Crippen molar-refractivity contribution in [2.45, 2.75) is 13.8 Å². The van der Waals surface area contributed by atoms with Crippen molar-refractivity contribution in [3.63, 3.8) is 0 Å². The summed E-state index contributed by atoms with van der Waals surface area (Å²) >= 11 is 5.28. The second kappa shape index (κ2) is 3.81. The van der Waals surface area contributed by atoms with Gasteiger partial charge in [0.05, 0.1) is 0 Å². The van der Waals surface area contributed by atoms with Gasteiger partial charge in [-0.05, 0) is 38.3 Å². The van der Waals surface area contributed by atoms with E-state index in [2.05, 4.69) is 0 Å². The molecule has 0 amide bonds. The third-order valence-electron chi connectivity index (χ3n) is 1.72. The Morgan fingerprint density at radius 1 is 1.15 bits per heavy atom. The van der Waals surface area contributed by atoms with E-state index in [4.69, 9.17) is 16.3 Å². The first kappa shape index (κ1) is 10.7. The molecule has 1 aromatic carbocycles. The third-order valence-corrected chi connectivity index (χ3v) is 2.57. The molecule has 0 unspecified atom stereocenters. The summed E-state index contributed by atoms with van der Waals surface area (Å²) in [5.41, 5.74) is 2.33. The Kier molecular flexibility index (Phi) is 3.15. The van der Waals surface area contributed by atoms with Gasteiger partial charge >= 0.3 is 0 Å². The van der Waals surface area contributed by atoms with Crippen LogP contribution in [0.15, 0.2) is 18.2 Å². The standard InChI is InChI=1S/C10H15OPS/c1-8-6-5-7-9(2)10(8)11-12(3,4)13/h5-7H,1-4H3. The highest BCUT2D eigenvalue weighted by Crippen LogP contribution is 2.41. The van der Waals surface area contributed by atoms with Crippen molar-refractivity contribution in [3.8, 4) is 5.75 Å². The smallest absolute Gasteiger partial charge is 0.130 e. The summed E-state index contributed by atoms with van der Waals surface area (Å²) in [5, 5.41) is 0. The van der Waals surface area contributed by atoms with E-state index in [0.29, 0.717) is 0 Å². The van der Waals surface area contributed by atoms with Crippen LogP contribution in [0.1, 0.15) is 11.1 Å². The average Bonchev–Trinajstić information content (AvgIpc) is 1.95. The topological polar surface area (TPSA) is 9.23 Å². The van der Waals surface area contributed by atoms with Crippen molar-refractivity contribution >= 4 is 18.1 Å². The van der Waals surface area contributed by atoms with Crippen molar-refractivity contribution < 1.29 is 4.52 Å². The molecule has 0 N–H and O–H groups in total. The SMILES string of the molecule is Cc1cccc(C)c1OP(C)(C)=S. The first-order valence-corrected chi connectivity index (χ1v) is 7.82. The minimum atomic E-state index is -1.61. The number of para-hydroxylation sites is 1. The summed E-state index contributed by atoms with van der Waals surface area (Å²) in [4.78, 5) is 0. The Bertz CT molecular complexity index is 334. The fourth-order valence-corrected chi connectivity index (χ4v) is 2.11. The summed E-state index contributed by atoms with van der Waals surface area (Å²) in [6.45, 7) is 8.09. The number of hydrogen-bond donors (Lipinski definition) is 0. The number of aryl methyl sites for hydroxylation is 2. The van der Waals surface area contributed by atoms with Crippen LogP contribution in [0.5, 0.6) is 5.75 Å². The van der Waals surface area contributed by atoms with Gasteiger partial charge in [0.15, 0.2) is 0 Å². The lowest BCUT2D eigenvalue weighted by atomic mass is 10.1. The summed E-state index contributed by atoms with van der Waals surface area (Å²) < 4.78 is 5.79. The fraction of sp³-hybridized carbons (Fsp3) is 0.400. The molecule has 0 aliphatic carbocycles. The number of hydrogen-bond acceptors (Lipinski definition) is 2. The normalized spacial score (nSPS) is 11.4. The minimum Gasteiger partial charge on any atom is -0.467 e. The van der Waals surface area contributed by atoms with Gasteiger partial charge in [-0.2, -0.15) is 0 Å². The molecule has 0 radical (unpaired) electrons. The minimum absolute atomic E-state index is 0.968. The molecule has 0 atom stereocenters. The molecular weight excluding hydrogens is 199 g/mol. The van der Waals surface area contributed by atoms with Crippen LogP contribution in [0.3, 0.4) is 0 Å². The van der Waals surface area contributed by atoms with E-state index >= 15 is 0 Å². The van der Waals surface area contributed by atoms with Gasteiger partial charge in [-0.15, -0.1) is 0 Å². The summed E-state index contributed by atoms with van der Waals surface area (Å²) in [6, 6.07) is 6.13. The van der Waals surface area contributed by atoms with Crippen LogP contribution in [0.4, 0.5) is 0 Å². The molecule has 72 valence electrons. The Morgan fingerprint density at radius 2 is 1.62 bits per heavy atom. The lowest BCUT2D eigenvalue weighted by molar-refractivity contribution is 0.609. The van der Waals surface area contributed by atoms with Gasteiger partial charge < -0.3 is 4.52 Å². The van der Waals surface area contributed by atoms with Crippen molar-refractivity contribution in [1.82, 2.24) is 0 Å². The zero-order chi connectivity index (χ0) is 10.1. The van der Waals surface area contributed by atoms with Crippen LogP contribution in [-0.4, -0.2) is 13.3 Å². The predicted molar refractivity (Wildman–Crippen MR) is 62.7 cm³/mol. The van der Waals surface area contributed by atoms with Crippen molar-refractivity contribution in [2.75, 3.05) is 13.3 Å². The Balaban J connectivity index is 3.07. The number of rotatable bonds is 2. The van der Waals surface area contributed by atoms with Crippen LogP contribution in [0.2, 0.25) is 0 Å². The van der Waals surface area contributed by atoms with Crippen LogP contribution in [-0.2, 0) is 11.8 Å². The highest BCUT2D eigenvalue weighted by Gasteiger charge is 2.08. The molecule has 0 spiro atoms. The van der Waals surface area contributed by atoms with E-state index in [1.165, 1.54) is 0 Å². The molecule has 13 heavy (non-hydrogen) atoms. The highest BCUT2D eigenvalue weighted by molar-refractivity contribution is 8.11. The molecule has 0 fully saturated rings. The van der Waals surface area contributed by atoms with E-state index in [1.807, 2.05) is 45.4 Å². The first-order chi connectivity index (χ1) is 5.90. The van der Waals surface area contributed by atoms with E-state index in [-0.39, 0.29) is 0 Å². The molecule has 1 rings (SSSR count). The zero-order valence-electron chi connectivity index (χ0n) is 8.50. The molecule has 0 aliphatic rings. The summed E-state index contributed by atoms with van der Waals surface area (Å²) in [6.07, 6.45) is -1.61. The fourth-order valence-electron chi connectivity index (χ4n) is 1.16. The lowest BCUT2D eigenvalue weighted by Crippen LogP contribution is -1.93. The van der Waals surface area contributed by atoms with Crippen molar-refractivity contribution in [1.29, 1.82) is 0 Å². The lowest BCUT2D eigenvalue weighted by Gasteiger charge is -2.17. The summed E-state index contributed by atoms with van der Waals surface area (Å²) in [7, 11) is 0. The van der Waals surface area contributed by atoms with Crippen LogP contribution in [0.25, 0.3) is 0 Å². The Hall–Kier alpha value is -0.330. The molecular formula is C10H15OPS. The van der Waals surface area contributed by atoms with Gasteiger partial charge in [0.25, 0.3) is 0 Å². The second-order valence-electron chi connectivity index (χ2n) is 3.56. The van der Waals surface area contributed by atoms with Crippen molar-refractivity contribution in [2.24, 2.45) is 0 Å². The molecule has 1 aromatic rings. The van der Waals surface area contributed by atoms with Gasteiger partial charge in [0.1, 0.15) is 12.0 Å². The van der Waals surface area contributed by atoms with Gasteiger partial charge in [0, 0.05) is 0 Å². The molecule has 1 nitrogen and oxygen atoms in total. The average molecular weight is 214 g/mol. The Labute approximate surface area is 85.2 Å².